The number of nitrogen functional groups attached to an aromatic ring is 1. The van der Waals surface area contributed by atoms with E-state index < -0.39 is 0 Å². The summed E-state index contributed by atoms with van der Waals surface area (Å²) in [4.78, 5) is 12.4. The molecule has 0 atom stereocenters. The quantitative estimate of drug-likeness (QED) is 0.823. The van der Waals surface area contributed by atoms with Gasteiger partial charge in [-0.25, -0.2) is 0 Å². The van der Waals surface area contributed by atoms with Crippen LogP contribution in [0.5, 0.6) is 0 Å². The van der Waals surface area contributed by atoms with E-state index in [2.05, 4.69) is 5.32 Å². The molecule has 0 aliphatic carbocycles. The number of anilines is 2. The van der Waals surface area contributed by atoms with Gasteiger partial charge in [-0.2, -0.15) is 0 Å². The van der Waals surface area contributed by atoms with Crippen LogP contribution in [0.2, 0.25) is 10.0 Å². The summed E-state index contributed by atoms with van der Waals surface area (Å²) < 4.78 is 0. The zero-order chi connectivity index (χ0) is 12.4. The number of hydrogen-bond acceptors (Lipinski definition) is 3. The van der Waals surface area contributed by atoms with Gasteiger partial charge >= 0.3 is 0 Å². The van der Waals surface area contributed by atoms with Crippen molar-refractivity contribution in [1.29, 1.82) is 0 Å². The van der Waals surface area contributed by atoms with E-state index >= 15 is 0 Å². The molecule has 0 saturated heterocycles. The van der Waals surface area contributed by atoms with Gasteiger partial charge in [0.05, 0.1) is 20.6 Å². The highest BCUT2D eigenvalue weighted by molar-refractivity contribution is 7.12. The summed E-state index contributed by atoms with van der Waals surface area (Å²) in [6, 6.07) is 6.67. The van der Waals surface area contributed by atoms with E-state index in [4.69, 9.17) is 28.9 Å². The molecule has 0 spiro atoms. The first kappa shape index (κ1) is 12.2. The molecular weight excluding hydrogens is 279 g/mol. The fourth-order valence-electron chi connectivity index (χ4n) is 1.26. The Morgan fingerprint density at radius 3 is 2.47 bits per heavy atom. The predicted octanol–water partition coefficient (Wildman–Crippen LogP) is 3.89. The zero-order valence-corrected chi connectivity index (χ0v) is 10.9. The van der Waals surface area contributed by atoms with Crippen molar-refractivity contribution in [3.05, 3.63) is 44.6 Å². The van der Waals surface area contributed by atoms with Crippen LogP contribution in [-0.2, 0) is 0 Å². The first-order chi connectivity index (χ1) is 8.08. The lowest BCUT2D eigenvalue weighted by atomic mass is 10.2. The third-order valence-corrected chi connectivity index (χ3v) is 3.58. The van der Waals surface area contributed by atoms with Gasteiger partial charge in [-0.3, -0.25) is 4.79 Å². The Morgan fingerprint density at radius 1 is 1.29 bits per heavy atom. The number of halogens is 2. The molecule has 0 fully saturated rings. The number of hydrogen-bond donors (Lipinski definition) is 2. The first-order valence-corrected chi connectivity index (χ1v) is 6.31. The second-order valence-corrected chi connectivity index (χ2v) is 5.05. The highest BCUT2D eigenvalue weighted by Crippen LogP contribution is 2.31. The summed E-state index contributed by atoms with van der Waals surface area (Å²) in [6.07, 6.45) is 0. The van der Waals surface area contributed by atoms with Gasteiger partial charge in [-0.05, 0) is 23.6 Å². The normalized spacial score (nSPS) is 10.2. The van der Waals surface area contributed by atoms with Crippen LogP contribution in [0, 0.1) is 0 Å². The molecule has 1 heterocycles. The van der Waals surface area contributed by atoms with Gasteiger partial charge < -0.3 is 11.1 Å². The minimum Gasteiger partial charge on any atom is -0.396 e. The van der Waals surface area contributed by atoms with Crippen molar-refractivity contribution in [2.75, 3.05) is 11.1 Å². The molecule has 1 aromatic carbocycles. The van der Waals surface area contributed by atoms with Crippen molar-refractivity contribution >= 4 is 51.8 Å². The molecule has 3 N–H and O–H groups in total. The molecule has 0 aliphatic rings. The van der Waals surface area contributed by atoms with Crippen LogP contribution in [-0.4, -0.2) is 5.91 Å². The Bertz CT molecular complexity index is 532. The van der Waals surface area contributed by atoms with E-state index in [1.54, 1.807) is 18.2 Å². The summed E-state index contributed by atoms with van der Waals surface area (Å²) in [6.45, 7) is 0. The third kappa shape index (κ3) is 2.72. The number of benzene rings is 1. The SMILES string of the molecule is Nc1c(Cl)cc(NC(=O)c2cccs2)cc1Cl. The number of carbonyl (C=O) groups excluding carboxylic acids is 1. The highest BCUT2D eigenvalue weighted by atomic mass is 35.5. The number of amides is 1. The Morgan fingerprint density at radius 2 is 1.94 bits per heavy atom. The lowest BCUT2D eigenvalue weighted by Gasteiger charge is -2.07. The number of thiophene rings is 1. The first-order valence-electron chi connectivity index (χ1n) is 4.67. The molecule has 1 amide bonds. The molecular formula is C11H8Cl2N2OS. The van der Waals surface area contributed by atoms with Gasteiger partial charge in [0.25, 0.3) is 5.91 Å². The molecule has 3 nitrogen and oxygen atoms in total. The van der Waals surface area contributed by atoms with Gasteiger partial charge in [0.1, 0.15) is 0 Å². The maximum Gasteiger partial charge on any atom is 0.265 e. The molecule has 2 aromatic rings. The molecule has 1 aromatic heterocycles. The van der Waals surface area contributed by atoms with Gasteiger partial charge in [0.2, 0.25) is 0 Å². The average Bonchev–Trinajstić information content (AvgIpc) is 2.79. The van der Waals surface area contributed by atoms with Crippen molar-refractivity contribution in [2.24, 2.45) is 0 Å². The Balaban J connectivity index is 2.22. The molecule has 6 heteroatoms. The molecule has 2 rings (SSSR count). The van der Waals surface area contributed by atoms with E-state index in [9.17, 15) is 4.79 Å². The van der Waals surface area contributed by atoms with Crippen LogP contribution >= 0.6 is 34.5 Å². The molecule has 0 bridgehead atoms. The summed E-state index contributed by atoms with van der Waals surface area (Å²) in [7, 11) is 0. The Kier molecular flexibility index (Phi) is 3.57. The molecule has 0 saturated carbocycles. The average molecular weight is 287 g/mol. The maximum absolute atomic E-state index is 11.8. The van der Waals surface area contributed by atoms with E-state index in [0.717, 1.165) is 0 Å². The molecule has 0 unspecified atom stereocenters. The van der Waals surface area contributed by atoms with Crippen LogP contribution < -0.4 is 11.1 Å². The summed E-state index contributed by atoms with van der Waals surface area (Å²) >= 11 is 13.1. The second-order valence-electron chi connectivity index (χ2n) is 3.28. The van der Waals surface area contributed by atoms with Gasteiger partial charge in [-0.15, -0.1) is 11.3 Å². The van der Waals surface area contributed by atoms with Gasteiger partial charge in [0, 0.05) is 5.69 Å². The molecule has 0 radical (unpaired) electrons. The smallest absolute Gasteiger partial charge is 0.265 e. The van der Waals surface area contributed by atoms with Crippen LogP contribution in [0.3, 0.4) is 0 Å². The zero-order valence-electron chi connectivity index (χ0n) is 8.54. The lowest BCUT2D eigenvalue weighted by Crippen LogP contribution is -2.10. The minimum absolute atomic E-state index is 0.197. The third-order valence-electron chi connectivity index (χ3n) is 2.08. The van der Waals surface area contributed by atoms with Crippen LogP contribution in [0.4, 0.5) is 11.4 Å². The Labute approximate surface area is 112 Å². The second kappa shape index (κ2) is 4.96. The lowest BCUT2D eigenvalue weighted by molar-refractivity contribution is 0.103. The van der Waals surface area contributed by atoms with E-state index in [1.165, 1.54) is 11.3 Å². The van der Waals surface area contributed by atoms with Crippen molar-refractivity contribution in [3.63, 3.8) is 0 Å². The van der Waals surface area contributed by atoms with Gasteiger partial charge in [-0.1, -0.05) is 29.3 Å². The monoisotopic (exact) mass is 286 g/mol. The van der Waals surface area contributed by atoms with Crippen molar-refractivity contribution in [1.82, 2.24) is 0 Å². The van der Waals surface area contributed by atoms with E-state index in [-0.39, 0.29) is 5.91 Å². The molecule has 17 heavy (non-hydrogen) atoms. The molecule has 88 valence electrons. The number of nitrogens with one attached hydrogen (secondary N) is 1. The highest BCUT2D eigenvalue weighted by Gasteiger charge is 2.09. The summed E-state index contributed by atoms with van der Waals surface area (Å²) in [5.74, 6) is -0.197. The van der Waals surface area contributed by atoms with Crippen molar-refractivity contribution in [2.45, 2.75) is 0 Å². The fourth-order valence-corrected chi connectivity index (χ4v) is 2.36. The fraction of sp³-hybridized carbons (Fsp3) is 0. The number of carbonyl (C=O) groups is 1. The molecule has 0 aliphatic heterocycles. The van der Waals surface area contributed by atoms with Crippen molar-refractivity contribution < 1.29 is 4.79 Å². The van der Waals surface area contributed by atoms with Crippen LogP contribution in [0.15, 0.2) is 29.6 Å². The largest absolute Gasteiger partial charge is 0.396 e. The van der Waals surface area contributed by atoms with Gasteiger partial charge in [0.15, 0.2) is 0 Å². The van der Waals surface area contributed by atoms with E-state index in [0.29, 0.717) is 26.3 Å². The number of nitrogens with two attached hydrogens (primary N) is 1. The number of rotatable bonds is 2. The maximum atomic E-state index is 11.8. The predicted molar refractivity (Wildman–Crippen MR) is 73.1 cm³/mol. The van der Waals surface area contributed by atoms with Crippen LogP contribution in [0.25, 0.3) is 0 Å². The van der Waals surface area contributed by atoms with E-state index in [1.807, 2.05) is 11.4 Å². The van der Waals surface area contributed by atoms with Crippen LogP contribution in [0.1, 0.15) is 9.67 Å². The summed E-state index contributed by atoms with van der Waals surface area (Å²) in [5.41, 5.74) is 6.43. The Hall–Kier alpha value is -1.23. The summed E-state index contributed by atoms with van der Waals surface area (Å²) in [5, 5.41) is 5.17. The van der Waals surface area contributed by atoms with Crippen molar-refractivity contribution in [3.8, 4) is 0 Å². The topological polar surface area (TPSA) is 55.1 Å². The minimum atomic E-state index is -0.197. The standard InChI is InChI=1S/C11H8Cl2N2OS/c12-7-4-6(5-8(13)10(7)14)15-11(16)9-2-1-3-17-9/h1-5H,14H2,(H,15,16).